The zero-order valence-corrected chi connectivity index (χ0v) is 11.5. The molecule has 1 saturated heterocycles. The maximum Gasteiger partial charge on any atom is 0.263 e. The van der Waals surface area contributed by atoms with Crippen molar-refractivity contribution in [1.82, 2.24) is 24.9 Å². The van der Waals surface area contributed by atoms with Crippen molar-refractivity contribution >= 4 is 0 Å². The number of piperazine rings is 1. The topological polar surface area (TPSA) is 76.2 Å². The van der Waals surface area contributed by atoms with Gasteiger partial charge in [-0.15, -0.1) is 0 Å². The minimum Gasteiger partial charge on any atom is -0.334 e. The zero-order valence-electron chi connectivity index (χ0n) is 11.5. The first-order valence-corrected chi connectivity index (χ1v) is 6.57. The van der Waals surface area contributed by atoms with Crippen molar-refractivity contribution in [3.63, 3.8) is 0 Å². The second-order valence-electron chi connectivity index (χ2n) is 5.00. The molecule has 7 nitrogen and oxygen atoms in total. The van der Waals surface area contributed by atoms with Gasteiger partial charge in [0.25, 0.3) is 11.4 Å². The summed E-state index contributed by atoms with van der Waals surface area (Å²) in [5.74, 6) is 0.890. The Morgan fingerprint density at radius 2 is 2.30 bits per heavy atom. The number of nitrogens with zero attached hydrogens (tertiary/aromatic N) is 4. The van der Waals surface area contributed by atoms with Crippen LogP contribution in [0.5, 0.6) is 0 Å². The molecular formula is C13H17N5O2. The number of aryl methyl sites for hydroxylation is 1. The van der Waals surface area contributed by atoms with Crippen molar-refractivity contribution in [3.8, 4) is 11.5 Å². The predicted molar refractivity (Wildman–Crippen MR) is 73.2 cm³/mol. The Balaban J connectivity index is 1.94. The highest BCUT2D eigenvalue weighted by Crippen LogP contribution is 2.20. The lowest BCUT2D eigenvalue weighted by Gasteiger charge is -2.30. The number of hydrogen-bond acceptors (Lipinski definition) is 6. The fourth-order valence-corrected chi connectivity index (χ4v) is 2.33. The van der Waals surface area contributed by atoms with E-state index in [1.807, 2.05) is 7.05 Å². The van der Waals surface area contributed by atoms with Crippen LogP contribution < -0.4 is 10.9 Å². The van der Waals surface area contributed by atoms with Crippen LogP contribution in [0.2, 0.25) is 0 Å². The second-order valence-corrected chi connectivity index (χ2v) is 5.00. The van der Waals surface area contributed by atoms with Gasteiger partial charge in [0.15, 0.2) is 5.82 Å². The number of pyridine rings is 1. The summed E-state index contributed by atoms with van der Waals surface area (Å²) in [6.45, 7) is 2.67. The molecule has 0 amide bonds. The molecule has 2 aromatic heterocycles. The molecule has 20 heavy (non-hydrogen) atoms. The van der Waals surface area contributed by atoms with Crippen LogP contribution in [-0.4, -0.2) is 46.3 Å². The summed E-state index contributed by atoms with van der Waals surface area (Å²) in [4.78, 5) is 18.6. The summed E-state index contributed by atoms with van der Waals surface area (Å²) in [6.07, 6.45) is 1.70. The summed E-state index contributed by atoms with van der Waals surface area (Å²) in [7, 11) is 3.73. The maximum atomic E-state index is 12.0. The molecule has 3 heterocycles. The van der Waals surface area contributed by atoms with E-state index in [0.717, 1.165) is 19.6 Å². The first-order chi connectivity index (χ1) is 9.66. The van der Waals surface area contributed by atoms with E-state index in [1.165, 1.54) is 4.57 Å². The van der Waals surface area contributed by atoms with Crippen LogP contribution in [0.15, 0.2) is 27.6 Å². The van der Waals surface area contributed by atoms with Gasteiger partial charge in [-0.25, -0.2) is 0 Å². The van der Waals surface area contributed by atoms with Crippen molar-refractivity contribution in [2.45, 2.75) is 6.04 Å². The van der Waals surface area contributed by atoms with Gasteiger partial charge in [0, 0.05) is 32.9 Å². The van der Waals surface area contributed by atoms with Gasteiger partial charge in [-0.1, -0.05) is 5.16 Å². The van der Waals surface area contributed by atoms with Crippen LogP contribution in [0.3, 0.4) is 0 Å². The minimum atomic E-state index is -0.141. The summed E-state index contributed by atoms with van der Waals surface area (Å²) < 4.78 is 6.75. The van der Waals surface area contributed by atoms with Gasteiger partial charge in [-0.2, -0.15) is 4.98 Å². The summed E-state index contributed by atoms with van der Waals surface area (Å²) in [5.41, 5.74) is 0.290. The Hall–Kier alpha value is -1.99. The van der Waals surface area contributed by atoms with E-state index in [4.69, 9.17) is 4.52 Å². The van der Waals surface area contributed by atoms with Crippen molar-refractivity contribution in [2.75, 3.05) is 26.7 Å². The first kappa shape index (κ1) is 13.0. The number of likely N-dealkylation sites (N-methyl/N-ethyl adjacent to an activating group) is 1. The van der Waals surface area contributed by atoms with Crippen molar-refractivity contribution in [3.05, 3.63) is 34.5 Å². The van der Waals surface area contributed by atoms with Crippen LogP contribution in [0, 0.1) is 0 Å². The molecule has 0 aromatic carbocycles. The van der Waals surface area contributed by atoms with Gasteiger partial charge >= 0.3 is 0 Å². The first-order valence-electron chi connectivity index (χ1n) is 6.57. The largest absolute Gasteiger partial charge is 0.334 e. The van der Waals surface area contributed by atoms with E-state index in [0.29, 0.717) is 11.4 Å². The monoisotopic (exact) mass is 275 g/mol. The van der Waals surface area contributed by atoms with Crippen molar-refractivity contribution in [1.29, 1.82) is 0 Å². The smallest absolute Gasteiger partial charge is 0.263 e. The lowest BCUT2D eigenvalue weighted by Crippen LogP contribution is -2.44. The molecule has 1 atom stereocenters. The highest BCUT2D eigenvalue weighted by atomic mass is 16.5. The Morgan fingerprint density at radius 3 is 3.10 bits per heavy atom. The van der Waals surface area contributed by atoms with Crippen LogP contribution in [-0.2, 0) is 7.05 Å². The number of nitrogens with one attached hydrogen (secondary N) is 1. The van der Waals surface area contributed by atoms with E-state index < -0.39 is 0 Å². The van der Waals surface area contributed by atoms with Gasteiger partial charge in [0.2, 0.25) is 0 Å². The Labute approximate surface area is 116 Å². The SMILES string of the molecule is CN1CCNCC1c1noc(-c2cccn(C)c2=O)n1. The summed E-state index contributed by atoms with van der Waals surface area (Å²) >= 11 is 0. The molecule has 1 aliphatic heterocycles. The number of aromatic nitrogens is 3. The molecule has 2 aromatic rings. The van der Waals surface area contributed by atoms with Crippen LogP contribution in [0.25, 0.3) is 11.5 Å². The lowest BCUT2D eigenvalue weighted by molar-refractivity contribution is 0.190. The molecule has 1 unspecified atom stereocenters. The van der Waals surface area contributed by atoms with E-state index >= 15 is 0 Å². The lowest BCUT2D eigenvalue weighted by atomic mass is 10.2. The maximum absolute atomic E-state index is 12.0. The summed E-state index contributed by atoms with van der Waals surface area (Å²) in [6, 6.07) is 3.56. The highest BCUT2D eigenvalue weighted by molar-refractivity contribution is 5.50. The average molecular weight is 275 g/mol. The van der Waals surface area contributed by atoms with E-state index in [2.05, 4.69) is 20.4 Å². The van der Waals surface area contributed by atoms with E-state index in [9.17, 15) is 4.79 Å². The van der Waals surface area contributed by atoms with E-state index in [-0.39, 0.29) is 17.5 Å². The van der Waals surface area contributed by atoms with Gasteiger partial charge in [0.05, 0.1) is 6.04 Å². The Kier molecular flexibility index (Phi) is 3.37. The number of hydrogen-bond donors (Lipinski definition) is 1. The molecule has 1 fully saturated rings. The minimum absolute atomic E-state index is 0.0776. The molecule has 0 aliphatic carbocycles. The van der Waals surface area contributed by atoms with Crippen LogP contribution >= 0.6 is 0 Å². The normalized spacial score (nSPS) is 20.2. The molecule has 1 N–H and O–H groups in total. The fraction of sp³-hybridized carbons (Fsp3) is 0.462. The molecule has 1 aliphatic rings. The van der Waals surface area contributed by atoms with Gasteiger partial charge in [-0.3, -0.25) is 9.69 Å². The standard InChI is InChI=1S/C13H17N5O2/c1-17-7-5-14-8-10(17)11-15-12(20-16-11)9-4-3-6-18(2)13(9)19/h3-4,6,10,14H,5,7-8H2,1-2H3. The highest BCUT2D eigenvalue weighted by Gasteiger charge is 2.26. The van der Waals surface area contributed by atoms with Crippen LogP contribution in [0.1, 0.15) is 11.9 Å². The molecule has 0 bridgehead atoms. The average Bonchev–Trinajstić information content (AvgIpc) is 2.92. The quantitative estimate of drug-likeness (QED) is 0.832. The Bertz CT molecular complexity index is 663. The summed E-state index contributed by atoms with van der Waals surface area (Å²) in [5, 5.41) is 7.33. The third kappa shape index (κ3) is 2.25. The van der Waals surface area contributed by atoms with Gasteiger partial charge < -0.3 is 14.4 Å². The Morgan fingerprint density at radius 1 is 1.45 bits per heavy atom. The van der Waals surface area contributed by atoms with Crippen LogP contribution in [0.4, 0.5) is 0 Å². The molecular weight excluding hydrogens is 258 g/mol. The van der Waals surface area contributed by atoms with Crippen molar-refractivity contribution in [2.24, 2.45) is 7.05 Å². The van der Waals surface area contributed by atoms with Gasteiger partial charge in [-0.05, 0) is 19.2 Å². The molecule has 3 rings (SSSR count). The van der Waals surface area contributed by atoms with Gasteiger partial charge in [0.1, 0.15) is 5.56 Å². The fourth-order valence-electron chi connectivity index (χ4n) is 2.33. The second kappa shape index (κ2) is 5.18. The van der Waals surface area contributed by atoms with Crippen molar-refractivity contribution < 1.29 is 4.52 Å². The molecule has 0 saturated carbocycles. The third-order valence-electron chi connectivity index (χ3n) is 3.60. The molecule has 106 valence electrons. The zero-order chi connectivity index (χ0) is 14.1. The number of rotatable bonds is 2. The molecule has 0 spiro atoms. The molecule has 7 heteroatoms. The van der Waals surface area contributed by atoms with E-state index in [1.54, 1.807) is 25.4 Å². The molecule has 0 radical (unpaired) electrons. The third-order valence-corrected chi connectivity index (χ3v) is 3.60. The predicted octanol–water partition coefficient (Wildman–Crippen LogP) is 0.0114.